The van der Waals surface area contributed by atoms with Crippen molar-refractivity contribution in [3.8, 4) is 0 Å². The highest BCUT2D eigenvalue weighted by Crippen LogP contribution is 2.46. The standard InChI is InChI=1S/C15H28N2O2/c1-14(2,12-5-8-17(3)9-12)10-16-11-15(6-7-15)13(18)19-4/h12,16H,5-11H2,1-4H3. The summed E-state index contributed by atoms with van der Waals surface area (Å²) in [5, 5.41) is 3.52. The van der Waals surface area contributed by atoms with Crippen molar-refractivity contribution in [2.24, 2.45) is 16.7 Å². The molecule has 2 rings (SSSR count). The molecule has 0 aromatic rings. The SMILES string of the molecule is COC(=O)C1(CNCC(C)(C)C2CCN(C)C2)CC1. The third kappa shape index (κ3) is 3.29. The molecular formula is C15H28N2O2. The van der Waals surface area contributed by atoms with Gasteiger partial charge in [-0.05, 0) is 44.2 Å². The number of carbonyl (C=O) groups excluding carboxylic acids is 1. The summed E-state index contributed by atoms with van der Waals surface area (Å²) in [4.78, 5) is 14.1. The Morgan fingerprint density at radius 2 is 2.16 bits per heavy atom. The Morgan fingerprint density at radius 1 is 1.47 bits per heavy atom. The summed E-state index contributed by atoms with van der Waals surface area (Å²) in [6.45, 7) is 8.82. The van der Waals surface area contributed by atoms with Crippen LogP contribution in [0.3, 0.4) is 0 Å². The fourth-order valence-corrected chi connectivity index (χ4v) is 3.16. The molecule has 2 fully saturated rings. The van der Waals surface area contributed by atoms with Crippen LogP contribution in [0.2, 0.25) is 0 Å². The third-order valence-electron chi connectivity index (χ3n) is 5.01. The van der Waals surface area contributed by atoms with E-state index in [9.17, 15) is 4.79 Å². The minimum absolute atomic E-state index is 0.0431. The van der Waals surface area contributed by atoms with Crippen molar-refractivity contribution in [2.45, 2.75) is 33.1 Å². The largest absolute Gasteiger partial charge is 0.469 e. The second-order valence-corrected chi connectivity index (χ2v) is 7.11. The molecule has 4 heteroatoms. The minimum atomic E-state index is -0.211. The lowest BCUT2D eigenvalue weighted by Gasteiger charge is -2.32. The van der Waals surface area contributed by atoms with Crippen molar-refractivity contribution in [3.05, 3.63) is 0 Å². The van der Waals surface area contributed by atoms with Crippen LogP contribution in [0.15, 0.2) is 0 Å². The van der Waals surface area contributed by atoms with E-state index >= 15 is 0 Å². The summed E-state index contributed by atoms with van der Waals surface area (Å²) in [7, 11) is 3.68. The van der Waals surface area contributed by atoms with Gasteiger partial charge in [-0.1, -0.05) is 13.8 Å². The molecule has 0 amide bonds. The monoisotopic (exact) mass is 268 g/mol. The topological polar surface area (TPSA) is 41.6 Å². The first-order valence-corrected chi connectivity index (χ1v) is 7.37. The van der Waals surface area contributed by atoms with Crippen LogP contribution in [0.4, 0.5) is 0 Å². The van der Waals surface area contributed by atoms with E-state index < -0.39 is 0 Å². The molecule has 0 radical (unpaired) electrons. The van der Waals surface area contributed by atoms with Gasteiger partial charge in [0.15, 0.2) is 0 Å². The van der Waals surface area contributed by atoms with Crippen molar-refractivity contribution in [2.75, 3.05) is 40.3 Å². The smallest absolute Gasteiger partial charge is 0.313 e. The molecule has 1 unspecified atom stereocenters. The fourth-order valence-electron chi connectivity index (χ4n) is 3.16. The molecule has 1 saturated carbocycles. The third-order valence-corrected chi connectivity index (χ3v) is 5.01. The average Bonchev–Trinajstić information content (AvgIpc) is 3.01. The van der Waals surface area contributed by atoms with Crippen molar-refractivity contribution in [1.82, 2.24) is 10.2 Å². The van der Waals surface area contributed by atoms with Crippen molar-refractivity contribution >= 4 is 5.97 Å². The maximum Gasteiger partial charge on any atom is 0.313 e. The average molecular weight is 268 g/mol. The van der Waals surface area contributed by atoms with Gasteiger partial charge < -0.3 is 15.0 Å². The highest BCUT2D eigenvalue weighted by Gasteiger charge is 2.50. The van der Waals surface area contributed by atoms with Gasteiger partial charge in [0.1, 0.15) is 0 Å². The van der Waals surface area contributed by atoms with Crippen LogP contribution >= 0.6 is 0 Å². The molecule has 1 atom stereocenters. The predicted molar refractivity (Wildman–Crippen MR) is 75.9 cm³/mol. The van der Waals surface area contributed by atoms with E-state index in [2.05, 4.69) is 31.1 Å². The molecule has 1 aliphatic heterocycles. The van der Waals surface area contributed by atoms with Gasteiger partial charge in [0, 0.05) is 19.6 Å². The molecule has 0 bridgehead atoms. The molecule has 0 spiro atoms. The summed E-state index contributed by atoms with van der Waals surface area (Å²) >= 11 is 0. The number of esters is 1. The zero-order valence-corrected chi connectivity index (χ0v) is 12.8. The van der Waals surface area contributed by atoms with Crippen molar-refractivity contribution in [3.63, 3.8) is 0 Å². The Morgan fingerprint density at radius 3 is 2.63 bits per heavy atom. The summed E-state index contributed by atoms with van der Waals surface area (Å²) in [6.07, 6.45) is 3.23. The van der Waals surface area contributed by atoms with Gasteiger partial charge in [0.2, 0.25) is 0 Å². The molecule has 1 N–H and O–H groups in total. The number of rotatable bonds is 6. The Bertz CT molecular complexity index is 337. The normalized spacial score (nSPS) is 26.4. The molecule has 110 valence electrons. The number of hydrogen-bond donors (Lipinski definition) is 1. The Labute approximate surface area is 116 Å². The molecule has 0 aromatic carbocycles. The highest BCUT2D eigenvalue weighted by atomic mass is 16.5. The van der Waals surface area contributed by atoms with Gasteiger partial charge in [-0.25, -0.2) is 0 Å². The minimum Gasteiger partial charge on any atom is -0.469 e. The molecular weight excluding hydrogens is 240 g/mol. The van der Waals surface area contributed by atoms with Crippen LogP contribution in [0.5, 0.6) is 0 Å². The summed E-state index contributed by atoms with van der Waals surface area (Å²) in [6, 6.07) is 0. The molecule has 0 aromatic heterocycles. The van der Waals surface area contributed by atoms with Gasteiger partial charge in [0.05, 0.1) is 12.5 Å². The van der Waals surface area contributed by atoms with E-state index in [4.69, 9.17) is 4.74 Å². The molecule has 1 saturated heterocycles. The van der Waals surface area contributed by atoms with E-state index in [0.29, 0.717) is 0 Å². The number of hydrogen-bond acceptors (Lipinski definition) is 4. The lowest BCUT2D eigenvalue weighted by atomic mass is 9.78. The maximum absolute atomic E-state index is 11.7. The van der Waals surface area contributed by atoms with Gasteiger partial charge in [0.25, 0.3) is 0 Å². The first kappa shape index (κ1) is 14.8. The maximum atomic E-state index is 11.7. The first-order valence-electron chi connectivity index (χ1n) is 7.37. The van der Waals surface area contributed by atoms with E-state index in [1.165, 1.54) is 26.6 Å². The Kier molecular flexibility index (Phi) is 4.21. The zero-order valence-electron chi connectivity index (χ0n) is 12.8. The molecule has 4 nitrogen and oxygen atoms in total. The fraction of sp³-hybridized carbons (Fsp3) is 0.933. The molecule has 2 aliphatic rings. The van der Waals surface area contributed by atoms with Crippen LogP contribution in [0.1, 0.15) is 33.1 Å². The van der Waals surface area contributed by atoms with Crippen molar-refractivity contribution in [1.29, 1.82) is 0 Å². The number of carbonyl (C=O) groups is 1. The number of likely N-dealkylation sites (tertiary alicyclic amines) is 1. The van der Waals surface area contributed by atoms with Crippen LogP contribution in [-0.4, -0.2) is 51.2 Å². The summed E-state index contributed by atoms with van der Waals surface area (Å²) in [5.74, 6) is 0.705. The van der Waals surface area contributed by atoms with Crippen molar-refractivity contribution < 1.29 is 9.53 Å². The number of methoxy groups -OCH3 is 1. The number of ether oxygens (including phenoxy) is 1. The molecule has 1 aliphatic carbocycles. The van der Waals surface area contributed by atoms with Crippen LogP contribution in [0.25, 0.3) is 0 Å². The lowest BCUT2D eigenvalue weighted by molar-refractivity contribution is -0.146. The highest BCUT2D eigenvalue weighted by molar-refractivity contribution is 5.80. The number of nitrogens with zero attached hydrogens (tertiary/aromatic N) is 1. The quantitative estimate of drug-likeness (QED) is 0.741. The lowest BCUT2D eigenvalue weighted by Crippen LogP contribution is -2.40. The van der Waals surface area contributed by atoms with Gasteiger partial charge >= 0.3 is 5.97 Å². The van der Waals surface area contributed by atoms with E-state index in [-0.39, 0.29) is 16.8 Å². The number of nitrogens with one attached hydrogen (secondary N) is 1. The Hall–Kier alpha value is -0.610. The summed E-state index contributed by atoms with van der Waals surface area (Å²) < 4.78 is 4.89. The van der Waals surface area contributed by atoms with Crippen LogP contribution in [0, 0.1) is 16.7 Å². The zero-order chi connectivity index (χ0) is 14.1. The second-order valence-electron chi connectivity index (χ2n) is 7.11. The van der Waals surface area contributed by atoms with E-state index in [1.54, 1.807) is 0 Å². The Balaban J connectivity index is 1.77. The molecule has 19 heavy (non-hydrogen) atoms. The molecule has 1 heterocycles. The van der Waals surface area contributed by atoms with Gasteiger partial charge in [-0.2, -0.15) is 0 Å². The second kappa shape index (κ2) is 5.41. The predicted octanol–water partition coefficient (Wildman–Crippen LogP) is 1.51. The van der Waals surface area contributed by atoms with Gasteiger partial charge in [-0.3, -0.25) is 4.79 Å². The van der Waals surface area contributed by atoms with E-state index in [1.807, 2.05) is 0 Å². The van der Waals surface area contributed by atoms with E-state index in [0.717, 1.165) is 31.8 Å². The van der Waals surface area contributed by atoms with Gasteiger partial charge in [-0.15, -0.1) is 0 Å². The summed E-state index contributed by atoms with van der Waals surface area (Å²) in [5.41, 5.74) is 0.0776. The first-order chi connectivity index (χ1) is 8.89. The van der Waals surface area contributed by atoms with Crippen LogP contribution in [-0.2, 0) is 9.53 Å². The van der Waals surface area contributed by atoms with Crippen LogP contribution < -0.4 is 5.32 Å².